The Labute approximate surface area is 181 Å². The van der Waals surface area contributed by atoms with Crippen LogP contribution in [0.4, 0.5) is 9.18 Å². The number of nitrogens with zero attached hydrogens (tertiary/aromatic N) is 4. The second kappa shape index (κ2) is 7.92. The van der Waals surface area contributed by atoms with Crippen LogP contribution < -0.4 is 4.74 Å². The van der Waals surface area contributed by atoms with Gasteiger partial charge in [0.2, 0.25) is 0 Å². The number of fused-ring (bicyclic) bond motifs is 1. The lowest BCUT2D eigenvalue weighted by atomic mass is 10.1. The molecular weight excluding hydrogens is 427 g/mol. The number of aldehydes is 1. The van der Waals surface area contributed by atoms with E-state index < -0.39 is 23.8 Å². The van der Waals surface area contributed by atoms with E-state index in [2.05, 4.69) is 4.99 Å². The Hall–Kier alpha value is -3.59. The van der Waals surface area contributed by atoms with E-state index in [1.54, 1.807) is 30.3 Å². The SMILES string of the molecule is CN1C(=O)C2C(=NC(Oc3ccc(C=O)cc3)=[N+]2Cc2c(F)cccc2Cl)N(C)C1=O. The van der Waals surface area contributed by atoms with Gasteiger partial charge in [-0.3, -0.25) is 19.4 Å². The number of halogens is 2. The summed E-state index contributed by atoms with van der Waals surface area (Å²) in [6.07, 6.45) is 0.697. The third-order valence-corrected chi connectivity index (χ3v) is 5.46. The molecule has 1 saturated heterocycles. The fourth-order valence-corrected chi connectivity index (χ4v) is 3.61. The highest BCUT2D eigenvalue weighted by atomic mass is 35.5. The lowest BCUT2D eigenvalue weighted by Gasteiger charge is -2.30. The van der Waals surface area contributed by atoms with Crippen molar-refractivity contribution < 1.29 is 28.1 Å². The maximum absolute atomic E-state index is 14.5. The molecule has 4 rings (SSSR count). The van der Waals surface area contributed by atoms with Crippen molar-refractivity contribution in [1.82, 2.24) is 9.80 Å². The highest BCUT2D eigenvalue weighted by Crippen LogP contribution is 2.26. The summed E-state index contributed by atoms with van der Waals surface area (Å²) in [6, 6.07) is 9.01. The van der Waals surface area contributed by atoms with Gasteiger partial charge in [0, 0.05) is 30.2 Å². The second-order valence-corrected chi connectivity index (χ2v) is 7.42. The minimum Gasteiger partial charge on any atom is -0.389 e. The van der Waals surface area contributed by atoms with E-state index in [0.29, 0.717) is 17.6 Å². The van der Waals surface area contributed by atoms with Gasteiger partial charge in [0.15, 0.2) is 0 Å². The number of amides is 3. The molecule has 1 fully saturated rings. The molecule has 0 aliphatic carbocycles. The Kier molecular flexibility index (Phi) is 5.28. The van der Waals surface area contributed by atoms with Crippen molar-refractivity contribution in [2.75, 3.05) is 14.1 Å². The molecule has 2 aromatic carbocycles. The van der Waals surface area contributed by atoms with E-state index in [0.717, 1.165) is 4.90 Å². The molecule has 0 radical (unpaired) electrons. The Balaban J connectivity index is 1.79. The number of carbonyl (C=O) groups is 3. The van der Waals surface area contributed by atoms with Crippen molar-refractivity contribution in [3.63, 3.8) is 0 Å². The number of ether oxygens (including phenoxy) is 1. The fraction of sp³-hybridized carbons (Fsp3) is 0.190. The first kappa shape index (κ1) is 20.7. The van der Waals surface area contributed by atoms with E-state index >= 15 is 0 Å². The monoisotopic (exact) mass is 443 g/mol. The molecule has 2 aromatic rings. The van der Waals surface area contributed by atoms with Crippen molar-refractivity contribution in [3.05, 3.63) is 64.4 Å². The van der Waals surface area contributed by atoms with Crippen molar-refractivity contribution in [2.24, 2.45) is 4.99 Å². The smallest absolute Gasteiger partial charge is 0.389 e. The summed E-state index contributed by atoms with van der Waals surface area (Å²) >= 11 is 6.19. The largest absolute Gasteiger partial charge is 0.502 e. The molecule has 8 nitrogen and oxygen atoms in total. The predicted octanol–water partition coefficient (Wildman–Crippen LogP) is 2.54. The highest BCUT2D eigenvalue weighted by Gasteiger charge is 2.54. The van der Waals surface area contributed by atoms with Crippen LogP contribution in [-0.2, 0) is 11.3 Å². The van der Waals surface area contributed by atoms with E-state index in [4.69, 9.17) is 16.3 Å². The molecule has 3 amide bonds. The van der Waals surface area contributed by atoms with Crippen LogP contribution in [-0.4, -0.2) is 64.6 Å². The van der Waals surface area contributed by atoms with Gasteiger partial charge in [-0.2, -0.15) is 4.58 Å². The number of rotatable bonds is 4. The lowest BCUT2D eigenvalue weighted by Crippen LogP contribution is -2.61. The Bertz CT molecular complexity index is 1140. The van der Waals surface area contributed by atoms with Crippen LogP contribution in [0.15, 0.2) is 47.5 Å². The third-order valence-electron chi connectivity index (χ3n) is 5.11. The topological polar surface area (TPSA) is 82.3 Å². The molecule has 2 aliphatic heterocycles. The quantitative estimate of drug-likeness (QED) is 0.537. The zero-order valence-corrected chi connectivity index (χ0v) is 17.3. The molecule has 31 heavy (non-hydrogen) atoms. The Morgan fingerprint density at radius 3 is 2.52 bits per heavy atom. The summed E-state index contributed by atoms with van der Waals surface area (Å²) in [7, 11) is 2.86. The first-order valence-corrected chi connectivity index (χ1v) is 9.63. The van der Waals surface area contributed by atoms with Gasteiger partial charge >= 0.3 is 12.1 Å². The van der Waals surface area contributed by atoms with Crippen LogP contribution in [0.5, 0.6) is 5.75 Å². The summed E-state index contributed by atoms with van der Waals surface area (Å²) in [5.41, 5.74) is 0.619. The molecule has 0 saturated carbocycles. The third kappa shape index (κ3) is 3.57. The predicted molar refractivity (Wildman–Crippen MR) is 110 cm³/mol. The molecule has 0 N–H and O–H groups in total. The van der Waals surface area contributed by atoms with Crippen molar-refractivity contribution in [2.45, 2.75) is 12.6 Å². The van der Waals surface area contributed by atoms with Gasteiger partial charge in [0.1, 0.15) is 24.4 Å². The van der Waals surface area contributed by atoms with Gasteiger partial charge in [-0.15, -0.1) is 0 Å². The van der Waals surface area contributed by atoms with E-state index in [-0.39, 0.29) is 29.0 Å². The van der Waals surface area contributed by atoms with Crippen LogP contribution in [0.2, 0.25) is 5.02 Å². The molecule has 1 atom stereocenters. The number of amidine groups is 2. The van der Waals surface area contributed by atoms with E-state index in [1.807, 2.05) is 0 Å². The number of likely N-dealkylation sites (N-methyl/N-ethyl adjacent to an activating group) is 2. The maximum atomic E-state index is 14.5. The molecule has 0 aromatic heterocycles. The summed E-state index contributed by atoms with van der Waals surface area (Å²) in [4.78, 5) is 42.8. The molecule has 2 heterocycles. The first-order valence-electron chi connectivity index (χ1n) is 9.25. The highest BCUT2D eigenvalue weighted by molar-refractivity contribution is 6.31. The molecule has 2 aliphatic rings. The Morgan fingerprint density at radius 2 is 1.87 bits per heavy atom. The summed E-state index contributed by atoms with van der Waals surface area (Å²) in [5.74, 6) is -0.552. The van der Waals surface area contributed by atoms with Gasteiger partial charge in [-0.1, -0.05) is 17.7 Å². The lowest BCUT2D eigenvalue weighted by molar-refractivity contribution is -0.557. The zero-order chi connectivity index (χ0) is 22.3. The molecule has 0 spiro atoms. The zero-order valence-electron chi connectivity index (χ0n) is 16.6. The number of hydrogen-bond donors (Lipinski definition) is 0. The molecule has 10 heteroatoms. The van der Waals surface area contributed by atoms with Crippen molar-refractivity contribution >= 4 is 41.7 Å². The summed E-state index contributed by atoms with van der Waals surface area (Å²) in [6.45, 7) is -0.119. The standard InChI is InChI=1S/C21H17ClFN4O4/c1-25-18-17(19(29)26(2)21(25)30)27(10-14-15(22)4-3-5-16(14)23)20(24-18)31-13-8-6-12(11-28)7-9-13/h3-9,11,17H,10H2,1-2H3/q+1. The average molecular weight is 444 g/mol. The maximum Gasteiger partial charge on any atom is 0.502 e. The number of aliphatic imine (C=N–C) groups is 1. The van der Waals surface area contributed by atoms with Gasteiger partial charge in [0.05, 0.1) is 5.02 Å². The summed E-state index contributed by atoms with van der Waals surface area (Å²) < 4.78 is 21.8. The average Bonchev–Trinajstić information content (AvgIpc) is 3.12. The second-order valence-electron chi connectivity index (χ2n) is 7.01. The van der Waals surface area contributed by atoms with Gasteiger partial charge < -0.3 is 4.74 Å². The van der Waals surface area contributed by atoms with E-state index in [1.165, 1.54) is 35.7 Å². The molecule has 158 valence electrons. The van der Waals surface area contributed by atoms with Crippen LogP contribution in [0.1, 0.15) is 15.9 Å². The normalized spacial score (nSPS) is 18.3. The van der Waals surface area contributed by atoms with Crippen LogP contribution in [0.25, 0.3) is 0 Å². The number of carbonyl (C=O) groups excluding carboxylic acids is 3. The minimum atomic E-state index is -0.993. The van der Waals surface area contributed by atoms with Gasteiger partial charge in [0.25, 0.3) is 17.8 Å². The van der Waals surface area contributed by atoms with Crippen LogP contribution in [0.3, 0.4) is 0 Å². The van der Waals surface area contributed by atoms with Crippen molar-refractivity contribution in [3.8, 4) is 5.75 Å². The molecule has 0 bridgehead atoms. The number of hydrogen-bond acceptors (Lipinski definition) is 5. The fourth-order valence-electron chi connectivity index (χ4n) is 3.39. The van der Waals surface area contributed by atoms with Gasteiger partial charge in [-0.05, 0) is 36.4 Å². The van der Waals surface area contributed by atoms with Crippen molar-refractivity contribution in [1.29, 1.82) is 0 Å². The molecular formula is C21H17ClFN4O4+. The number of imide groups is 1. The summed E-state index contributed by atoms with van der Waals surface area (Å²) in [5, 5.41) is 0.184. The van der Waals surface area contributed by atoms with Gasteiger partial charge in [-0.25, -0.2) is 9.18 Å². The number of benzene rings is 2. The minimum absolute atomic E-state index is 0.00136. The van der Waals surface area contributed by atoms with E-state index in [9.17, 15) is 18.8 Å². The Morgan fingerprint density at radius 1 is 1.16 bits per heavy atom. The molecule has 1 unspecified atom stereocenters. The number of urea groups is 1. The van der Waals surface area contributed by atoms with Crippen LogP contribution >= 0.6 is 11.6 Å². The first-order chi connectivity index (χ1) is 14.8. The van der Waals surface area contributed by atoms with Crippen LogP contribution in [0, 0.1) is 5.82 Å².